The summed E-state index contributed by atoms with van der Waals surface area (Å²) >= 11 is 12.3. The van der Waals surface area contributed by atoms with Gasteiger partial charge in [0.25, 0.3) is 0 Å². The second-order valence-electron chi connectivity index (χ2n) is 5.21. The van der Waals surface area contributed by atoms with E-state index >= 15 is 0 Å². The molecule has 0 bridgehead atoms. The van der Waals surface area contributed by atoms with Gasteiger partial charge in [-0.05, 0) is 44.0 Å². The molecular formula is C15H22Cl2N2. The first-order chi connectivity index (χ1) is 9.11. The van der Waals surface area contributed by atoms with Crippen molar-refractivity contribution in [1.29, 1.82) is 0 Å². The van der Waals surface area contributed by atoms with Gasteiger partial charge >= 0.3 is 0 Å². The van der Waals surface area contributed by atoms with Crippen molar-refractivity contribution in [3.63, 3.8) is 0 Å². The Bertz CT molecular complexity index is 415. The quantitative estimate of drug-likeness (QED) is 0.899. The molecule has 1 fully saturated rings. The van der Waals surface area contributed by atoms with Crippen LogP contribution >= 0.6 is 23.2 Å². The standard InChI is InChI=1S/C15H22Cl2N2/c1-3-18-13-6-8-19(9-7-13)11(2)14-5-4-12(16)10-15(14)17/h4-5,10-11,13,18H,3,6-9H2,1-2H3. The molecule has 0 saturated carbocycles. The van der Waals surface area contributed by atoms with Crippen LogP contribution in [0.5, 0.6) is 0 Å². The van der Waals surface area contributed by atoms with Crippen molar-refractivity contribution in [2.24, 2.45) is 0 Å². The Hall–Kier alpha value is -0.280. The maximum Gasteiger partial charge on any atom is 0.0468 e. The molecule has 1 aromatic carbocycles. The second-order valence-corrected chi connectivity index (χ2v) is 6.05. The van der Waals surface area contributed by atoms with Gasteiger partial charge in [-0.3, -0.25) is 4.90 Å². The van der Waals surface area contributed by atoms with Crippen LogP contribution < -0.4 is 5.32 Å². The molecular weight excluding hydrogens is 279 g/mol. The minimum Gasteiger partial charge on any atom is -0.314 e. The number of likely N-dealkylation sites (tertiary alicyclic amines) is 1. The van der Waals surface area contributed by atoms with Crippen LogP contribution in [0.25, 0.3) is 0 Å². The summed E-state index contributed by atoms with van der Waals surface area (Å²) in [6.07, 6.45) is 2.42. The average molecular weight is 301 g/mol. The van der Waals surface area contributed by atoms with Crippen molar-refractivity contribution in [3.05, 3.63) is 33.8 Å². The van der Waals surface area contributed by atoms with Gasteiger partial charge in [0.15, 0.2) is 0 Å². The van der Waals surface area contributed by atoms with Crippen molar-refractivity contribution in [2.45, 2.75) is 38.8 Å². The zero-order chi connectivity index (χ0) is 13.8. The van der Waals surface area contributed by atoms with E-state index in [2.05, 4.69) is 24.1 Å². The first-order valence-corrected chi connectivity index (χ1v) is 7.79. The monoisotopic (exact) mass is 300 g/mol. The van der Waals surface area contributed by atoms with Crippen LogP contribution in [0.3, 0.4) is 0 Å². The average Bonchev–Trinajstić information content (AvgIpc) is 2.39. The fourth-order valence-corrected chi connectivity index (χ4v) is 3.38. The van der Waals surface area contributed by atoms with Gasteiger partial charge in [-0.25, -0.2) is 0 Å². The lowest BCUT2D eigenvalue weighted by Crippen LogP contribution is -2.43. The first kappa shape index (κ1) is 15.1. The summed E-state index contributed by atoms with van der Waals surface area (Å²) in [6.45, 7) is 7.70. The predicted octanol–water partition coefficient (Wildman–Crippen LogP) is 4.13. The van der Waals surface area contributed by atoms with Crippen molar-refractivity contribution in [3.8, 4) is 0 Å². The Balaban J connectivity index is 1.99. The highest BCUT2D eigenvalue weighted by atomic mass is 35.5. The van der Waals surface area contributed by atoms with Crippen LogP contribution in [0.1, 0.15) is 38.3 Å². The molecule has 19 heavy (non-hydrogen) atoms. The number of piperidine rings is 1. The fourth-order valence-electron chi connectivity index (χ4n) is 2.82. The molecule has 0 spiro atoms. The highest BCUT2D eigenvalue weighted by molar-refractivity contribution is 6.35. The van der Waals surface area contributed by atoms with Gasteiger partial charge in [0.2, 0.25) is 0 Å². The minimum atomic E-state index is 0.354. The number of nitrogens with one attached hydrogen (secondary N) is 1. The van der Waals surface area contributed by atoms with E-state index in [0.717, 1.165) is 24.7 Å². The predicted molar refractivity (Wildman–Crippen MR) is 83.1 cm³/mol. The number of hydrogen-bond donors (Lipinski definition) is 1. The number of halogens is 2. The Kier molecular flexibility index (Phi) is 5.52. The molecule has 0 amide bonds. The van der Waals surface area contributed by atoms with Gasteiger partial charge in [-0.2, -0.15) is 0 Å². The maximum absolute atomic E-state index is 6.30. The largest absolute Gasteiger partial charge is 0.314 e. The van der Waals surface area contributed by atoms with Crippen LogP contribution in [-0.4, -0.2) is 30.6 Å². The topological polar surface area (TPSA) is 15.3 Å². The molecule has 1 saturated heterocycles. The zero-order valence-electron chi connectivity index (χ0n) is 11.6. The molecule has 4 heteroatoms. The van der Waals surface area contributed by atoms with Gasteiger partial charge in [0.05, 0.1) is 0 Å². The molecule has 106 valence electrons. The molecule has 2 rings (SSSR count). The van der Waals surface area contributed by atoms with Gasteiger partial charge in [0, 0.05) is 35.2 Å². The summed E-state index contributed by atoms with van der Waals surface area (Å²) in [5, 5.41) is 5.01. The number of nitrogens with zero attached hydrogens (tertiary/aromatic N) is 1. The highest BCUT2D eigenvalue weighted by Gasteiger charge is 2.24. The molecule has 0 aromatic heterocycles. The molecule has 1 heterocycles. The summed E-state index contributed by atoms with van der Waals surface area (Å²) in [7, 11) is 0. The third kappa shape index (κ3) is 3.85. The van der Waals surface area contributed by atoms with Crippen LogP contribution in [-0.2, 0) is 0 Å². The fraction of sp³-hybridized carbons (Fsp3) is 0.600. The smallest absolute Gasteiger partial charge is 0.0468 e. The molecule has 2 nitrogen and oxygen atoms in total. The lowest BCUT2D eigenvalue weighted by Gasteiger charge is -2.36. The maximum atomic E-state index is 6.30. The van der Waals surface area contributed by atoms with Crippen molar-refractivity contribution in [2.75, 3.05) is 19.6 Å². The Labute approximate surface area is 126 Å². The Morgan fingerprint density at radius 3 is 2.58 bits per heavy atom. The number of rotatable bonds is 4. The number of benzene rings is 1. The lowest BCUT2D eigenvalue weighted by molar-refractivity contribution is 0.153. The normalized spacial score (nSPS) is 19.6. The summed E-state index contributed by atoms with van der Waals surface area (Å²) in [5.74, 6) is 0. The molecule has 1 aliphatic heterocycles. The Morgan fingerprint density at radius 1 is 1.32 bits per heavy atom. The van der Waals surface area contributed by atoms with Gasteiger partial charge < -0.3 is 5.32 Å². The van der Waals surface area contributed by atoms with Crippen molar-refractivity contribution < 1.29 is 0 Å². The van der Waals surface area contributed by atoms with Crippen LogP contribution in [0.4, 0.5) is 0 Å². The summed E-state index contributed by atoms with van der Waals surface area (Å²) in [6, 6.07) is 6.83. The lowest BCUT2D eigenvalue weighted by atomic mass is 10.00. The van der Waals surface area contributed by atoms with Crippen LogP contribution in [0, 0.1) is 0 Å². The van der Waals surface area contributed by atoms with Crippen LogP contribution in [0.2, 0.25) is 10.0 Å². The summed E-state index contributed by atoms with van der Waals surface area (Å²) < 4.78 is 0. The SMILES string of the molecule is CCNC1CCN(C(C)c2ccc(Cl)cc2Cl)CC1. The molecule has 1 atom stereocenters. The van der Waals surface area contributed by atoms with Crippen molar-refractivity contribution in [1.82, 2.24) is 10.2 Å². The minimum absolute atomic E-state index is 0.354. The van der Waals surface area contributed by atoms with E-state index in [0.29, 0.717) is 17.1 Å². The third-order valence-electron chi connectivity index (χ3n) is 3.98. The van der Waals surface area contributed by atoms with E-state index < -0.39 is 0 Å². The molecule has 1 aliphatic rings. The number of hydrogen-bond acceptors (Lipinski definition) is 2. The molecule has 0 radical (unpaired) electrons. The summed E-state index contributed by atoms with van der Waals surface area (Å²) in [5.41, 5.74) is 1.17. The molecule has 1 unspecified atom stereocenters. The van der Waals surface area contributed by atoms with Crippen molar-refractivity contribution >= 4 is 23.2 Å². The van der Waals surface area contributed by atoms with E-state index in [4.69, 9.17) is 23.2 Å². The highest BCUT2D eigenvalue weighted by Crippen LogP contribution is 2.31. The van der Waals surface area contributed by atoms with Crippen LogP contribution in [0.15, 0.2) is 18.2 Å². The van der Waals surface area contributed by atoms with Gasteiger partial charge in [-0.1, -0.05) is 36.2 Å². The molecule has 0 aliphatic carbocycles. The van der Waals surface area contributed by atoms with E-state index in [1.54, 1.807) is 0 Å². The third-order valence-corrected chi connectivity index (χ3v) is 4.55. The molecule has 1 N–H and O–H groups in total. The van der Waals surface area contributed by atoms with E-state index in [9.17, 15) is 0 Å². The summed E-state index contributed by atoms with van der Waals surface area (Å²) in [4.78, 5) is 2.50. The van der Waals surface area contributed by atoms with E-state index in [1.165, 1.54) is 18.4 Å². The molecule has 1 aromatic rings. The second kappa shape index (κ2) is 6.94. The zero-order valence-corrected chi connectivity index (χ0v) is 13.1. The van der Waals surface area contributed by atoms with E-state index in [-0.39, 0.29) is 0 Å². The first-order valence-electron chi connectivity index (χ1n) is 7.04. The van der Waals surface area contributed by atoms with E-state index in [1.807, 2.05) is 18.2 Å². The van der Waals surface area contributed by atoms with Gasteiger partial charge in [-0.15, -0.1) is 0 Å². The van der Waals surface area contributed by atoms with Gasteiger partial charge in [0.1, 0.15) is 0 Å². The Morgan fingerprint density at radius 2 is 2.00 bits per heavy atom.